The van der Waals surface area contributed by atoms with Crippen molar-refractivity contribution >= 4 is 12.6 Å². The number of rotatable bonds is 7. The van der Waals surface area contributed by atoms with Crippen LogP contribution >= 0.6 is 0 Å². The Kier molecular flexibility index (Phi) is 6.72. The van der Waals surface area contributed by atoms with Crippen LogP contribution in [-0.4, -0.2) is 73.9 Å². The first kappa shape index (κ1) is 21.6. The molecule has 1 aromatic rings. The van der Waals surface area contributed by atoms with Gasteiger partial charge in [-0.05, 0) is 58.1 Å². The molecule has 2 fully saturated rings. The zero-order valence-corrected chi connectivity index (χ0v) is 17.8. The standard InChI is InChI=1S/C21H34BNO5/c1-20(2)21(3,4)28-22(27-20)16-6-8-19(9-7-16)26-15-17(24)14-23-12-10-18(25-5)11-13-23/h6-9,17-18,24H,10-15H2,1-5H3. The molecule has 0 saturated carbocycles. The van der Waals surface area contributed by atoms with E-state index in [1.807, 2.05) is 52.0 Å². The van der Waals surface area contributed by atoms with Crippen LogP contribution in [0, 0.1) is 0 Å². The minimum absolute atomic E-state index is 0.278. The summed E-state index contributed by atoms with van der Waals surface area (Å²) >= 11 is 0. The third-order valence-corrected chi connectivity index (χ3v) is 6.18. The van der Waals surface area contributed by atoms with Gasteiger partial charge in [-0.1, -0.05) is 12.1 Å². The Bertz CT molecular complexity index is 612. The van der Waals surface area contributed by atoms with E-state index in [1.54, 1.807) is 7.11 Å². The second kappa shape index (κ2) is 8.72. The van der Waals surface area contributed by atoms with Crippen molar-refractivity contribution in [3.8, 4) is 5.75 Å². The summed E-state index contributed by atoms with van der Waals surface area (Å²) in [5, 5.41) is 10.3. The van der Waals surface area contributed by atoms with Crippen molar-refractivity contribution in [3.63, 3.8) is 0 Å². The molecule has 28 heavy (non-hydrogen) atoms. The van der Waals surface area contributed by atoms with Crippen molar-refractivity contribution in [2.45, 2.75) is 63.9 Å². The Morgan fingerprint density at radius 2 is 1.68 bits per heavy atom. The average molecular weight is 391 g/mol. The summed E-state index contributed by atoms with van der Waals surface area (Å²) in [4.78, 5) is 2.27. The number of hydrogen-bond donors (Lipinski definition) is 1. The lowest BCUT2D eigenvalue weighted by atomic mass is 9.79. The third-order valence-electron chi connectivity index (χ3n) is 6.18. The number of methoxy groups -OCH3 is 1. The molecular weight excluding hydrogens is 357 g/mol. The maximum Gasteiger partial charge on any atom is 0.494 e. The molecule has 2 aliphatic heterocycles. The monoisotopic (exact) mass is 391 g/mol. The lowest BCUT2D eigenvalue weighted by molar-refractivity contribution is 0.00578. The average Bonchev–Trinajstić information content (AvgIpc) is 2.88. The molecule has 2 heterocycles. The number of ether oxygens (including phenoxy) is 2. The number of aliphatic hydroxyl groups is 1. The van der Waals surface area contributed by atoms with Crippen LogP contribution in [0.2, 0.25) is 0 Å². The van der Waals surface area contributed by atoms with Gasteiger partial charge in [-0.2, -0.15) is 0 Å². The molecule has 1 unspecified atom stereocenters. The number of hydrogen-bond acceptors (Lipinski definition) is 6. The van der Waals surface area contributed by atoms with Crippen LogP contribution in [-0.2, 0) is 14.0 Å². The molecule has 0 aromatic heterocycles. The van der Waals surface area contributed by atoms with Crippen LogP contribution in [0.25, 0.3) is 0 Å². The van der Waals surface area contributed by atoms with E-state index < -0.39 is 6.10 Å². The van der Waals surface area contributed by atoms with Gasteiger partial charge in [0.25, 0.3) is 0 Å². The van der Waals surface area contributed by atoms with Crippen LogP contribution < -0.4 is 10.2 Å². The van der Waals surface area contributed by atoms with E-state index in [0.29, 0.717) is 12.6 Å². The predicted octanol–water partition coefficient (Wildman–Crippen LogP) is 1.84. The van der Waals surface area contributed by atoms with Gasteiger partial charge in [-0.15, -0.1) is 0 Å². The highest BCUT2D eigenvalue weighted by atomic mass is 16.7. The van der Waals surface area contributed by atoms with E-state index in [-0.39, 0.29) is 24.9 Å². The molecule has 1 atom stereocenters. The summed E-state index contributed by atoms with van der Waals surface area (Å²) in [6.07, 6.45) is 1.88. The van der Waals surface area contributed by atoms with Crippen molar-refractivity contribution in [1.29, 1.82) is 0 Å². The van der Waals surface area contributed by atoms with Gasteiger partial charge < -0.3 is 28.8 Å². The molecule has 0 bridgehead atoms. The van der Waals surface area contributed by atoms with E-state index in [9.17, 15) is 5.11 Å². The van der Waals surface area contributed by atoms with Crippen molar-refractivity contribution in [1.82, 2.24) is 4.90 Å². The van der Waals surface area contributed by atoms with Crippen LogP contribution in [0.15, 0.2) is 24.3 Å². The third kappa shape index (κ3) is 5.08. The number of aliphatic hydroxyl groups excluding tert-OH is 1. The Morgan fingerprint density at radius 3 is 2.21 bits per heavy atom. The SMILES string of the molecule is COC1CCN(CC(O)COc2ccc(B3OC(C)(C)C(C)(C)O3)cc2)CC1. The molecule has 2 aliphatic rings. The zero-order valence-electron chi connectivity index (χ0n) is 17.8. The molecule has 1 aromatic carbocycles. The van der Waals surface area contributed by atoms with E-state index in [4.69, 9.17) is 18.8 Å². The van der Waals surface area contributed by atoms with Gasteiger partial charge in [0.15, 0.2) is 0 Å². The van der Waals surface area contributed by atoms with Gasteiger partial charge in [-0.25, -0.2) is 0 Å². The zero-order chi connectivity index (χ0) is 20.4. The van der Waals surface area contributed by atoms with Crippen LogP contribution in [0.1, 0.15) is 40.5 Å². The normalized spacial score (nSPS) is 23.7. The Labute approximate surface area is 169 Å². The van der Waals surface area contributed by atoms with Crippen molar-refractivity contribution in [2.75, 3.05) is 33.4 Å². The molecule has 156 valence electrons. The van der Waals surface area contributed by atoms with Crippen LogP contribution in [0.3, 0.4) is 0 Å². The number of likely N-dealkylation sites (tertiary alicyclic amines) is 1. The van der Waals surface area contributed by atoms with Crippen molar-refractivity contribution in [3.05, 3.63) is 24.3 Å². The molecule has 1 N–H and O–H groups in total. The van der Waals surface area contributed by atoms with Gasteiger partial charge in [0, 0.05) is 26.7 Å². The van der Waals surface area contributed by atoms with Gasteiger partial charge >= 0.3 is 7.12 Å². The van der Waals surface area contributed by atoms with Crippen molar-refractivity contribution in [2.24, 2.45) is 0 Å². The van der Waals surface area contributed by atoms with Gasteiger partial charge in [0.2, 0.25) is 0 Å². The highest BCUT2D eigenvalue weighted by Gasteiger charge is 2.51. The summed E-state index contributed by atoms with van der Waals surface area (Å²) in [7, 11) is 1.39. The topological polar surface area (TPSA) is 60.4 Å². The molecule has 0 spiro atoms. The second-order valence-electron chi connectivity index (χ2n) is 8.86. The van der Waals surface area contributed by atoms with Crippen LogP contribution in [0.4, 0.5) is 0 Å². The van der Waals surface area contributed by atoms with E-state index in [1.165, 1.54) is 0 Å². The largest absolute Gasteiger partial charge is 0.494 e. The number of benzene rings is 1. The van der Waals surface area contributed by atoms with Crippen LogP contribution in [0.5, 0.6) is 5.75 Å². The maximum absolute atomic E-state index is 10.3. The van der Waals surface area contributed by atoms with E-state index in [2.05, 4.69) is 4.90 Å². The maximum atomic E-state index is 10.3. The van der Waals surface area contributed by atoms with Gasteiger partial charge in [-0.3, -0.25) is 0 Å². The van der Waals surface area contributed by atoms with Crippen molar-refractivity contribution < 1.29 is 23.9 Å². The molecule has 0 amide bonds. The fraction of sp³-hybridized carbons (Fsp3) is 0.714. The first-order valence-corrected chi connectivity index (χ1v) is 10.2. The number of nitrogens with zero attached hydrogens (tertiary/aromatic N) is 1. The molecule has 3 rings (SSSR count). The molecule has 7 heteroatoms. The summed E-state index contributed by atoms with van der Waals surface area (Å²) in [5.74, 6) is 0.734. The summed E-state index contributed by atoms with van der Waals surface area (Å²) in [6.45, 7) is 11.0. The molecule has 0 aliphatic carbocycles. The van der Waals surface area contributed by atoms with Gasteiger partial charge in [0.05, 0.1) is 17.3 Å². The first-order chi connectivity index (χ1) is 13.2. The highest BCUT2D eigenvalue weighted by Crippen LogP contribution is 2.36. The fourth-order valence-corrected chi connectivity index (χ4v) is 3.57. The van der Waals surface area contributed by atoms with Gasteiger partial charge in [0.1, 0.15) is 18.5 Å². The lowest BCUT2D eigenvalue weighted by Gasteiger charge is -2.32. The number of β-amino-alcohol motifs (C(OH)–C–C–N with tert-alkyl or cyclic N) is 1. The molecular formula is C21H34BNO5. The minimum Gasteiger partial charge on any atom is -0.491 e. The summed E-state index contributed by atoms with van der Waals surface area (Å²) in [6, 6.07) is 7.72. The first-order valence-electron chi connectivity index (χ1n) is 10.2. The summed E-state index contributed by atoms with van der Waals surface area (Å²) < 4.78 is 23.3. The number of piperidine rings is 1. The lowest BCUT2D eigenvalue weighted by Crippen LogP contribution is -2.42. The molecule has 2 saturated heterocycles. The Hall–Kier alpha value is -1.12. The predicted molar refractivity (Wildman–Crippen MR) is 110 cm³/mol. The van der Waals surface area contributed by atoms with E-state index in [0.717, 1.165) is 37.1 Å². The van der Waals surface area contributed by atoms with E-state index >= 15 is 0 Å². The second-order valence-corrected chi connectivity index (χ2v) is 8.86. The molecule has 6 nitrogen and oxygen atoms in total. The highest BCUT2D eigenvalue weighted by molar-refractivity contribution is 6.62. The quantitative estimate of drug-likeness (QED) is 0.716. The summed E-state index contributed by atoms with van der Waals surface area (Å²) in [5.41, 5.74) is 0.260. The fourth-order valence-electron chi connectivity index (χ4n) is 3.57. The Morgan fingerprint density at radius 1 is 1.11 bits per heavy atom. The Balaban J connectivity index is 1.45. The minimum atomic E-state index is -0.512. The smallest absolute Gasteiger partial charge is 0.491 e. The molecule has 0 radical (unpaired) electrons.